The third-order valence-corrected chi connectivity index (χ3v) is 5.28. The maximum Gasteiger partial charge on any atom is 0.210 e. The Morgan fingerprint density at radius 2 is 2.00 bits per heavy atom. The summed E-state index contributed by atoms with van der Waals surface area (Å²) < 4.78 is 35.5. The van der Waals surface area contributed by atoms with E-state index in [1.54, 1.807) is 48.5 Å². The van der Waals surface area contributed by atoms with Crippen molar-refractivity contribution in [2.75, 3.05) is 7.11 Å². The van der Waals surface area contributed by atoms with Gasteiger partial charge in [-0.25, -0.2) is 23.4 Å². The number of fused-ring (bicyclic) bond motifs is 1. The second-order valence-electron chi connectivity index (χ2n) is 7.82. The number of aliphatic hydroxyl groups is 1. The van der Waals surface area contributed by atoms with E-state index in [4.69, 9.17) is 4.74 Å². The number of benzene rings is 2. The van der Waals surface area contributed by atoms with Crippen LogP contribution < -0.4 is 4.74 Å². The third-order valence-electron chi connectivity index (χ3n) is 5.28. The zero-order chi connectivity index (χ0) is 24.1. The van der Waals surface area contributed by atoms with E-state index in [2.05, 4.69) is 15.1 Å². The van der Waals surface area contributed by atoms with Crippen LogP contribution >= 0.6 is 0 Å². The molecule has 0 unspecified atom stereocenters. The summed E-state index contributed by atoms with van der Waals surface area (Å²) in [6.07, 6.45) is 5.68. The molecule has 34 heavy (non-hydrogen) atoms. The fraction of sp³-hybridized carbons (Fsp3) is 0.240. The summed E-state index contributed by atoms with van der Waals surface area (Å²) in [5.41, 5.74) is 2.33. The highest BCUT2D eigenvalue weighted by atomic mass is 19.1. The number of hydrogen-bond acceptors (Lipinski definition) is 5. The number of aliphatic hydroxyl groups excluding tert-OH is 1. The zero-order valence-corrected chi connectivity index (χ0v) is 18.9. The summed E-state index contributed by atoms with van der Waals surface area (Å²) in [5.74, 6) is 0.267. The van der Waals surface area contributed by atoms with E-state index >= 15 is 0 Å². The molecule has 1 aliphatic rings. The van der Waals surface area contributed by atoms with E-state index in [0.717, 1.165) is 17.8 Å². The number of halogens is 2. The van der Waals surface area contributed by atoms with Crippen LogP contribution in [0.25, 0.3) is 17.6 Å². The first kappa shape index (κ1) is 23.3. The Balaban J connectivity index is 0.000000336. The Morgan fingerprint density at radius 1 is 1.21 bits per heavy atom. The van der Waals surface area contributed by atoms with Crippen LogP contribution in [0, 0.1) is 12.7 Å². The lowest BCUT2D eigenvalue weighted by Crippen LogP contribution is -2.16. The van der Waals surface area contributed by atoms with E-state index in [9.17, 15) is 13.9 Å². The number of rotatable bonds is 4. The quantitative estimate of drug-likeness (QED) is 0.464. The van der Waals surface area contributed by atoms with E-state index in [1.807, 2.05) is 23.8 Å². The van der Waals surface area contributed by atoms with Crippen molar-refractivity contribution in [1.29, 1.82) is 0 Å². The molecule has 5 rings (SSSR count). The Labute approximate surface area is 196 Å². The minimum atomic E-state index is -0.689. The van der Waals surface area contributed by atoms with Crippen molar-refractivity contribution in [2.24, 2.45) is 0 Å². The minimum absolute atomic E-state index is 0.0146. The highest BCUT2D eigenvalue weighted by molar-refractivity contribution is 5.75. The Morgan fingerprint density at radius 3 is 2.62 bits per heavy atom. The van der Waals surface area contributed by atoms with Crippen LogP contribution in [0.5, 0.6) is 5.75 Å². The van der Waals surface area contributed by atoms with Crippen molar-refractivity contribution in [1.82, 2.24) is 24.3 Å². The molecular formula is C25H25F2N5O2. The van der Waals surface area contributed by atoms with Crippen LogP contribution in [-0.2, 0) is 6.54 Å². The number of hydrogen-bond donors (Lipinski definition) is 1. The van der Waals surface area contributed by atoms with E-state index in [-0.39, 0.29) is 11.6 Å². The van der Waals surface area contributed by atoms with Gasteiger partial charge in [-0.3, -0.25) is 0 Å². The maximum atomic E-state index is 14.7. The van der Waals surface area contributed by atoms with Crippen LogP contribution in [0.3, 0.4) is 0 Å². The molecule has 4 aromatic rings. The van der Waals surface area contributed by atoms with Crippen molar-refractivity contribution < 1.29 is 18.6 Å². The summed E-state index contributed by atoms with van der Waals surface area (Å²) in [4.78, 5) is 8.37. The predicted octanol–water partition coefficient (Wildman–Crippen LogP) is 4.90. The normalized spacial score (nSPS) is 15.3. The van der Waals surface area contributed by atoms with Crippen LogP contribution in [-0.4, -0.2) is 36.5 Å². The zero-order valence-electron chi connectivity index (χ0n) is 18.9. The number of imidazole rings is 1. The van der Waals surface area contributed by atoms with Crippen LogP contribution in [0.4, 0.5) is 8.78 Å². The van der Waals surface area contributed by atoms with E-state index in [1.165, 1.54) is 18.2 Å². The fourth-order valence-electron chi connectivity index (χ4n) is 3.61. The summed E-state index contributed by atoms with van der Waals surface area (Å²) in [6.45, 7) is 2.55. The molecule has 3 heterocycles. The van der Waals surface area contributed by atoms with Gasteiger partial charge in [0, 0.05) is 12.7 Å². The van der Waals surface area contributed by atoms with Crippen molar-refractivity contribution >= 4 is 11.9 Å². The fourth-order valence-corrected chi connectivity index (χ4v) is 3.61. The standard InChI is InChI=1S/C19H20FN5O2.C6H5F/c1-12-10-24(11-21-12)15-6-5-13(9-17(15)27-2)8-14(20)18-22-19-16(26)4-3-7-25(19)23-18;7-6-4-2-1-3-5-6/h5-6,8-11,16,26H,3-4,7H2,1-2H3;1-5H/b14-8-;/t16-;/m1./s1. The monoisotopic (exact) mass is 465 g/mol. The second kappa shape index (κ2) is 10.4. The third kappa shape index (κ3) is 5.37. The van der Waals surface area contributed by atoms with E-state index < -0.39 is 11.9 Å². The molecule has 1 aliphatic heterocycles. The van der Waals surface area contributed by atoms with Crippen molar-refractivity contribution in [3.63, 3.8) is 0 Å². The molecular weight excluding hydrogens is 440 g/mol. The van der Waals surface area contributed by atoms with Crippen LogP contribution in [0.15, 0.2) is 61.1 Å². The first-order valence-electron chi connectivity index (χ1n) is 10.8. The van der Waals surface area contributed by atoms with Gasteiger partial charge in [-0.1, -0.05) is 24.3 Å². The van der Waals surface area contributed by atoms with Gasteiger partial charge in [0.15, 0.2) is 11.7 Å². The molecule has 0 radical (unpaired) electrons. The molecule has 2 aromatic heterocycles. The Bertz CT molecular complexity index is 1280. The Hall–Kier alpha value is -3.85. The van der Waals surface area contributed by atoms with Gasteiger partial charge in [-0.05, 0) is 55.7 Å². The summed E-state index contributed by atoms with van der Waals surface area (Å²) >= 11 is 0. The van der Waals surface area contributed by atoms with E-state index in [0.29, 0.717) is 30.1 Å². The molecule has 9 heteroatoms. The molecule has 1 N–H and O–H groups in total. The number of aromatic nitrogens is 5. The first-order chi connectivity index (χ1) is 16.4. The smallest absolute Gasteiger partial charge is 0.210 e. The highest BCUT2D eigenvalue weighted by Gasteiger charge is 2.23. The van der Waals surface area contributed by atoms with Crippen LogP contribution in [0.2, 0.25) is 0 Å². The van der Waals surface area contributed by atoms with Gasteiger partial charge >= 0.3 is 0 Å². The molecule has 0 saturated carbocycles. The van der Waals surface area contributed by atoms with Crippen LogP contribution in [0.1, 0.15) is 41.9 Å². The number of aryl methyl sites for hydroxylation is 2. The predicted molar refractivity (Wildman–Crippen MR) is 124 cm³/mol. The van der Waals surface area contributed by atoms with Gasteiger partial charge in [0.05, 0.1) is 24.8 Å². The molecule has 0 spiro atoms. The second-order valence-corrected chi connectivity index (χ2v) is 7.82. The molecule has 176 valence electrons. The number of methoxy groups -OCH3 is 1. The summed E-state index contributed by atoms with van der Waals surface area (Å²) in [5, 5.41) is 14.1. The average Bonchev–Trinajstić information content (AvgIpc) is 3.47. The van der Waals surface area contributed by atoms with Gasteiger partial charge in [-0.2, -0.15) is 0 Å². The molecule has 0 amide bonds. The largest absolute Gasteiger partial charge is 0.495 e. The van der Waals surface area contributed by atoms with Crippen molar-refractivity contribution in [3.05, 3.63) is 89.8 Å². The minimum Gasteiger partial charge on any atom is -0.495 e. The average molecular weight is 466 g/mol. The van der Waals surface area contributed by atoms with Gasteiger partial charge < -0.3 is 14.4 Å². The summed E-state index contributed by atoms with van der Waals surface area (Å²) in [7, 11) is 1.57. The van der Waals surface area contributed by atoms with Gasteiger partial charge in [0.1, 0.15) is 17.7 Å². The molecule has 0 saturated heterocycles. The van der Waals surface area contributed by atoms with Gasteiger partial charge in [0.25, 0.3) is 0 Å². The molecule has 7 nitrogen and oxygen atoms in total. The topological polar surface area (TPSA) is 78.0 Å². The highest BCUT2D eigenvalue weighted by Crippen LogP contribution is 2.28. The molecule has 1 atom stereocenters. The first-order valence-corrected chi connectivity index (χ1v) is 10.8. The molecule has 2 aromatic carbocycles. The SMILES string of the molecule is COc1cc(/C=C(\F)c2nc3n(n2)CCC[C@H]3O)ccc1-n1cnc(C)c1.Fc1ccccc1. The lowest BCUT2D eigenvalue weighted by atomic mass is 10.1. The van der Waals surface area contributed by atoms with Gasteiger partial charge in [0.2, 0.25) is 5.82 Å². The molecule has 0 fully saturated rings. The van der Waals surface area contributed by atoms with Crippen molar-refractivity contribution in [2.45, 2.75) is 32.4 Å². The Kier molecular flexibility index (Phi) is 7.12. The molecule has 0 bridgehead atoms. The van der Waals surface area contributed by atoms with Gasteiger partial charge in [-0.15, -0.1) is 5.10 Å². The van der Waals surface area contributed by atoms with Crippen molar-refractivity contribution in [3.8, 4) is 11.4 Å². The lowest BCUT2D eigenvalue weighted by molar-refractivity contribution is 0.130. The maximum absolute atomic E-state index is 14.7. The molecule has 0 aliphatic carbocycles. The lowest BCUT2D eigenvalue weighted by Gasteiger charge is -2.16. The number of nitrogens with zero attached hydrogens (tertiary/aromatic N) is 5. The summed E-state index contributed by atoms with van der Waals surface area (Å²) in [6, 6.07) is 13.3. The number of ether oxygens (including phenoxy) is 1.